The smallest absolute Gasteiger partial charge is 0.370 e. The average molecular weight is 381 g/mol. The topological polar surface area (TPSA) is 209 Å². The third kappa shape index (κ3) is 4.74. The van der Waals surface area contributed by atoms with Crippen molar-refractivity contribution < 1.29 is 57.0 Å². The molecule has 24 heavy (non-hydrogen) atoms. The Hall–Kier alpha value is -2.02. The number of rotatable bonds is 5. The van der Waals surface area contributed by atoms with Gasteiger partial charge in [-0.25, -0.2) is 0 Å². The third-order valence-electron chi connectivity index (χ3n) is 2.71. The zero-order valence-electron chi connectivity index (χ0n) is 11.6. The fraction of sp³-hybridized carbons (Fsp3) is 0. The monoisotopic (exact) mass is 380 g/mol. The van der Waals surface area contributed by atoms with E-state index in [1.165, 1.54) is 30.3 Å². The van der Waals surface area contributed by atoms with Crippen LogP contribution in [0.5, 0.6) is 11.5 Å². The summed E-state index contributed by atoms with van der Waals surface area (Å²) in [7, 11) is -10.0. The summed E-state index contributed by atoms with van der Waals surface area (Å²) in [6.07, 6.45) is 0. The highest BCUT2D eigenvalue weighted by molar-refractivity contribution is 5.79. The Morgan fingerprint density at radius 1 is 0.667 bits per heavy atom. The van der Waals surface area contributed by atoms with E-state index >= 15 is 0 Å². The first-order valence-electron chi connectivity index (χ1n) is 5.95. The first-order valence-corrected chi connectivity index (χ1v) is 8.42. The second-order valence-corrected chi connectivity index (χ2v) is 6.21. The van der Waals surface area contributed by atoms with Crippen molar-refractivity contribution in [2.75, 3.05) is 11.5 Å². The molecule has 0 bridgehead atoms. The molecule has 130 valence electrons. The number of nitrogens with two attached hydrogens (primary N) is 2. The quantitative estimate of drug-likeness (QED) is 0.471. The lowest BCUT2D eigenvalue weighted by atomic mass is 10.0. The van der Waals surface area contributed by atoms with E-state index in [2.05, 4.69) is 8.58 Å². The predicted octanol–water partition coefficient (Wildman–Crippen LogP) is -4.93. The van der Waals surface area contributed by atoms with Gasteiger partial charge >= 0.3 is 11.5 Å². The minimum absolute atomic E-state index is 0.0648. The molecule has 0 saturated carbocycles. The van der Waals surface area contributed by atoms with Crippen molar-refractivity contribution >= 4 is 11.4 Å². The van der Waals surface area contributed by atoms with Gasteiger partial charge in [0.05, 0.1) is 5.69 Å². The summed E-state index contributed by atoms with van der Waals surface area (Å²) >= 11 is 0. The molecule has 0 fully saturated rings. The van der Waals surface area contributed by atoms with Gasteiger partial charge in [0, 0.05) is 11.3 Å². The molecule has 10 nitrogen and oxygen atoms in total. The fourth-order valence-corrected chi connectivity index (χ4v) is 2.50. The number of benzene rings is 2. The van der Waals surface area contributed by atoms with E-state index in [-0.39, 0.29) is 5.56 Å². The molecule has 0 atom stereocenters. The van der Waals surface area contributed by atoms with Gasteiger partial charge in [-0.2, -0.15) is 28.0 Å². The molecule has 2 rings (SSSR count). The Kier molecular flexibility index (Phi) is 4.94. The molecule has 12 heteroatoms. The number of hydrogen-bond donors (Lipinski definition) is 2. The highest BCUT2D eigenvalue weighted by Gasteiger charge is 2.37. The van der Waals surface area contributed by atoms with Crippen molar-refractivity contribution in [2.45, 2.75) is 0 Å². The fourth-order valence-electron chi connectivity index (χ4n) is 1.81. The maximum absolute atomic E-state index is 10.9. The Morgan fingerprint density at radius 2 is 1.17 bits per heavy atom. The second kappa shape index (κ2) is 6.47. The minimum atomic E-state index is -5.02. The van der Waals surface area contributed by atoms with E-state index in [9.17, 15) is 28.0 Å². The van der Waals surface area contributed by atoms with Crippen LogP contribution in [-0.2, 0) is 0 Å². The summed E-state index contributed by atoms with van der Waals surface area (Å²) < 4.78 is 73.5. The van der Waals surface area contributed by atoms with Crippen LogP contribution in [0.1, 0.15) is 0 Å². The molecule has 2 aromatic carbocycles. The molecule has 0 unspecified atom stereocenters. The normalized spacial score (nSPS) is 12.1. The Labute approximate surface area is 139 Å². The van der Waals surface area contributed by atoms with Gasteiger partial charge in [0.15, 0.2) is 0 Å². The highest BCUT2D eigenvalue weighted by Crippen LogP contribution is 2.43. The molecule has 0 aromatic heterocycles. The van der Waals surface area contributed by atoms with Crippen LogP contribution < -0.4 is 48.0 Å². The molecule has 0 heterocycles. The molecule has 0 saturated heterocycles. The number of halogens is 2. The van der Waals surface area contributed by atoms with Crippen LogP contribution in [0, 0.1) is 20.5 Å². The first kappa shape index (κ1) is 18.3. The lowest BCUT2D eigenvalue weighted by Gasteiger charge is -2.18. The zero-order valence-corrected chi connectivity index (χ0v) is 13.2. The molecule has 0 radical (unpaired) electrons. The summed E-state index contributed by atoms with van der Waals surface area (Å²) in [5, 5.41) is 0. The van der Waals surface area contributed by atoms with E-state index < -0.39 is 37.7 Å². The summed E-state index contributed by atoms with van der Waals surface area (Å²) in [5.41, 5.74) is 11.2. The molecule has 4 N–H and O–H groups in total. The van der Waals surface area contributed by atoms with Crippen LogP contribution in [0.3, 0.4) is 0 Å². The van der Waals surface area contributed by atoms with Gasteiger partial charge in [-0.05, 0) is 29.8 Å². The van der Waals surface area contributed by atoms with Crippen LogP contribution in [0.15, 0.2) is 36.4 Å². The van der Waals surface area contributed by atoms with Crippen LogP contribution in [0.2, 0.25) is 0 Å². The first-order chi connectivity index (χ1) is 11.0. The van der Waals surface area contributed by atoms with Crippen molar-refractivity contribution in [3.05, 3.63) is 36.4 Å². The van der Waals surface area contributed by atoms with Gasteiger partial charge < -0.3 is 11.5 Å². The molecular formula is C12H10Cl2N2O8. The van der Waals surface area contributed by atoms with Crippen LogP contribution in [0.4, 0.5) is 11.4 Å². The third-order valence-corrected chi connectivity index (χ3v) is 3.39. The van der Waals surface area contributed by atoms with Crippen molar-refractivity contribution in [2.24, 2.45) is 0 Å². The second-order valence-electron chi connectivity index (χ2n) is 4.39. The lowest BCUT2D eigenvalue weighted by molar-refractivity contribution is -1.91. The number of hydrogen-bond acceptors (Lipinski definition) is 10. The maximum Gasteiger partial charge on any atom is 0.370 e. The summed E-state index contributed by atoms with van der Waals surface area (Å²) in [4.78, 5) is 0. The number of anilines is 2. The predicted molar refractivity (Wildman–Crippen MR) is 62.0 cm³/mol. The Bertz CT molecular complexity index is 728. The van der Waals surface area contributed by atoms with Gasteiger partial charge in [0.25, 0.3) is 0 Å². The standard InChI is InChI=1S/C12H10Cl2N2O8/c15-8-3-1-7(2-4-8)9-5-6-10(16)12(24-14(20,21)22)11(9)23-13(17,18)19/h1-6H,15-16H2. The van der Waals surface area contributed by atoms with Crippen molar-refractivity contribution in [1.29, 1.82) is 0 Å². The van der Waals surface area contributed by atoms with Crippen molar-refractivity contribution in [3.63, 3.8) is 0 Å². The van der Waals surface area contributed by atoms with Gasteiger partial charge in [-0.1, -0.05) is 20.7 Å². The molecule has 0 amide bonds. The van der Waals surface area contributed by atoms with Crippen LogP contribution in [-0.4, -0.2) is 0 Å². The molecule has 0 aliphatic rings. The molecular weight excluding hydrogens is 371 g/mol. The Morgan fingerprint density at radius 3 is 1.67 bits per heavy atom. The van der Waals surface area contributed by atoms with E-state index in [1.807, 2.05) is 0 Å². The molecule has 2 aromatic rings. The Balaban J connectivity index is 2.65. The highest BCUT2D eigenvalue weighted by atomic mass is 35.7. The minimum Gasteiger partial charge on any atom is -0.399 e. The van der Waals surface area contributed by atoms with Crippen molar-refractivity contribution in [1.82, 2.24) is 0 Å². The van der Waals surface area contributed by atoms with E-state index in [0.717, 1.165) is 6.07 Å². The van der Waals surface area contributed by atoms with E-state index in [4.69, 9.17) is 11.5 Å². The molecule has 0 aliphatic carbocycles. The summed E-state index contributed by atoms with van der Waals surface area (Å²) in [5.74, 6) is -1.77. The lowest BCUT2D eigenvalue weighted by Crippen LogP contribution is -2.64. The average Bonchev–Trinajstić information content (AvgIpc) is 2.42. The van der Waals surface area contributed by atoms with Crippen LogP contribution >= 0.6 is 0 Å². The largest absolute Gasteiger partial charge is 0.399 e. The molecule has 0 aliphatic heterocycles. The van der Waals surface area contributed by atoms with Crippen LogP contribution in [0.25, 0.3) is 11.1 Å². The van der Waals surface area contributed by atoms with Crippen molar-refractivity contribution in [3.8, 4) is 22.6 Å². The SMILES string of the molecule is Nc1ccc(-c2ccc(N)c(O[Cl+3]([O-])([O-])[O-])c2O[Cl+3]([O-])([O-])[O-])cc1. The van der Waals surface area contributed by atoms with Gasteiger partial charge in [0.1, 0.15) is 20.5 Å². The van der Waals surface area contributed by atoms with Gasteiger partial charge in [0.2, 0.25) is 0 Å². The van der Waals surface area contributed by atoms with Gasteiger partial charge in [-0.3, -0.25) is 0 Å². The zero-order chi connectivity index (χ0) is 18.1. The van der Waals surface area contributed by atoms with E-state index in [1.54, 1.807) is 0 Å². The van der Waals surface area contributed by atoms with E-state index in [0.29, 0.717) is 11.3 Å². The number of nitrogen functional groups attached to an aromatic ring is 2. The van der Waals surface area contributed by atoms with Gasteiger partial charge in [-0.15, -0.1) is 0 Å². The molecule has 0 spiro atoms. The summed E-state index contributed by atoms with van der Waals surface area (Å²) in [6.45, 7) is 0. The maximum atomic E-state index is 10.9. The summed E-state index contributed by atoms with van der Waals surface area (Å²) in [6, 6.07) is 8.19.